The molecule has 0 atom stereocenters. The normalized spacial score (nSPS) is 18.9. The first-order valence-electron chi connectivity index (χ1n) is 10.4. The molecule has 6 nitrogen and oxygen atoms in total. The van der Waals surface area contributed by atoms with Crippen molar-refractivity contribution in [1.29, 1.82) is 0 Å². The number of anilines is 1. The molecule has 0 saturated carbocycles. The molecule has 30 heavy (non-hydrogen) atoms. The molecular weight excluding hydrogens is 394 g/mol. The van der Waals surface area contributed by atoms with Crippen molar-refractivity contribution in [1.82, 2.24) is 14.3 Å². The number of nitrogens with zero attached hydrogens (tertiary/aromatic N) is 3. The highest BCUT2D eigenvalue weighted by Crippen LogP contribution is 2.21. The van der Waals surface area contributed by atoms with Gasteiger partial charge in [-0.3, -0.25) is 4.79 Å². The van der Waals surface area contributed by atoms with Crippen LogP contribution < -0.4 is 10.2 Å². The number of rotatable bonds is 5. The van der Waals surface area contributed by atoms with Crippen LogP contribution in [-0.2, 0) is 18.5 Å². The minimum Gasteiger partial charge on any atom is -0.326 e. The number of piperidine rings is 1. The second-order valence-electron chi connectivity index (χ2n) is 8.02. The Bertz CT molecular complexity index is 1080. The van der Waals surface area contributed by atoms with Crippen LogP contribution >= 0.6 is 12.2 Å². The number of likely N-dealkylation sites (tertiary alicyclic amines) is 1. The molecule has 4 rings (SSSR count). The highest BCUT2D eigenvalue weighted by atomic mass is 32.1. The lowest BCUT2D eigenvalue weighted by Crippen LogP contribution is -3.12. The van der Waals surface area contributed by atoms with Gasteiger partial charge in [0, 0.05) is 37.1 Å². The molecule has 1 aliphatic rings. The van der Waals surface area contributed by atoms with Gasteiger partial charge in [0.25, 0.3) is 0 Å². The molecule has 0 aliphatic carbocycles. The van der Waals surface area contributed by atoms with Gasteiger partial charge in [-0.15, -0.1) is 5.10 Å². The summed E-state index contributed by atoms with van der Waals surface area (Å²) < 4.78 is 4.64. The van der Waals surface area contributed by atoms with Crippen LogP contribution in [0.3, 0.4) is 0 Å². The van der Waals surface area contributed by atoms with Crippen LogP contribution in [0.2, 0.25) is 0 Å². The lowest BCUT2D eigenvalue weighted by molar-refractivity contribution is -0.928. The Morgan fingerprint density at radius 1 is 1.13 bits per heavy atom. The van der Waals surface area contributed by atoms with Gasteiger partial charge in [-0.2, -0.15) is 4.68 Å². The fraction of sp³-hybridized carbons (Fsp3) is 0.348. The molecule has 156 valence electrons. The van der Waals surface area contributed by atoms with Crippen molar-refractivity contribution in [3.63, 3.8) is 0 Å². The number of benzene rings is 2. The predicted molar refractivity (Wildman–Crippen MR) is 121 cm³/mol. The van der Waals surface area contributed by atoms with Crippen LogP contribution in [-0.4, -0.2) is 33.3 Å². The van der Waals surface area contributed by atoms with E-state index in [0.29, 0.717) is 0 Å². The second kappa shape index (κ2) is 8.93. The third kappa shape index (κ3) is 4.37. The van der Waals surface area contributed by atoms with Gasteiger partial charge in [0.05, 0.1) is 13.1 Å². The Kier molecular flexibility index (Phi) is 6.11. The second-order valence-corrected chi connectivity index (χ2v) is 8.38. The molecule has 1 aromatic heterocycles. The number of hydrogen-bond acceptors (Lipinski definition) is 3. The van der Waals surface area contributed by atoms with Crippen LogP contribution in [0.1, 0.15) is 18.4 Å². The minimum atomic E-state index is 0.0631. The van der Waals surface area contributed by atoms with Gasteiger partial charge in [0.15, 0.2) is 12.5 Å². The number of carbonyl (C=O) groups excluding carboxylic acids is 1. The van der Waals surface area contributed by atoms with Gasteiger partial charge in [0.1, 0.15) is 0 Å². The molecule has 1 aliphatic heterocycles. The number of hydrogen-bond donors (Lipinski definition) is 2. The van der Waals surface area contributed by atoms with Gasteiger partial charge in [-0.25, -0.2) is 0 Å². The van der Waals surface area contributed by atoms with Crippen LogP contribution in [0.5, 0.6) is 0 Å². The first kappa shape index (κ1) is 20.5. The van der Waals surface area contributed by atoms with Crippen LogP contribution in [0.15, 0.2) is 54.6 Å². The van der Waals surface area contributed by atoms with E-state index in [1.165, 1.54) is 10.5 Å². The first-order valence-corrected chi connectivity index (χ1v) is 10.8. The summed E-state index contributed by atoms with van der Waals surface area (Å²) in [6, 6.07) is 17.9. The van der Waals surface area contributed by atoms with Crippen molar-refractivity contribution < 1.29 is 9.69 Å². The average Bonchev–Trinajstić information content (AvgIpc) is 3.03. The summed E-state index contributed by atoms with van der Waals surface area (Å²) in [5.74, 6) is 1.08. The molecule has 0 spiro atoms. The van der Waals surface area contributed by atoms with Gasteiger partial charge >= 0.3 is 0 Å². The van der Waals surface area contributed by atoms with E-state index in [1.54, 1.807) is 0 Å². The Morgan fingerprint density at radius 2 is 1.80 bits per heavy atom. The minimum absolute atomic E-state index is 0.0631. The fourth-order valence-electron chi connectivity index (χ4n) is 4.07. The average molecular weight is 423 g/mol. The van der Waals surface area contributed by atoms with E-state index in [1.807, 2.05) is 58.8 Å². The van der Waals surface area contributed by atoms with Crippen molar-refractivity contribution >= 4 is 23.8 Å². The maximum absolute atomic E-state index is 12.6. The zero-order valence-electron chi connectivity index (χ0n) is 17.5. The molecule has 2 N–H and O–H groups in total. The van der Waals surface area contributed by atoms with Crippen molar-refractivity contribution in [3.8, 4) is 11.4 Å². The maximum atomic E-state index is 12.6. The van der Waals surface area contributed by atoms with E-state index in [4.69, 9.17) is 17.3 Å². The lowest BCUT2D eigenvalue weighted by atomic mass is 9.96. The summed E-state index contributed by atoms with van der Waals surface area (Å²) in [6.07, 6.45) is 1.75. The summed E-state index contributed by atoms with van der Waals surface area (Å²) in [5, 5.41) is 7.85. The Balaban J connectivity index is 1.39. The molecule has 2 aromatic carbocycles. The number of aryl methyl sites for hydroxylation is 1. The number of nitrogens with one attached hydrogen (secondary N) is 2. The van der Waals surface area contributed by atoms with E-state index >= 15 is 0 Å². The fourth-order valence-corrected chi connectivity index (χ4v) is 4.27. The van der Waals surface area contributed by atoms with Crippen LogP contribution in [0.25, 0.3) is 11.4 Å². The van der Waals surface area contributed by atoms with Crippen molar-refractivity contribution in [2.45, 2.75) is 26.4 Å². The van der Waals surface area contributed by atoms with Crippen molar-refractivity contribution in [2.75, 3.05) is 18.4 Å². The zero-order valence-corrected chi connectivity index (χ0v) is 18.3. The molecule has 7 heteroatoms. The molecule has 1 saturated heterocycles. The van der Waals surface area contributed by atoms with Gasteiger partial charge < -0.3 is 14.8 Å². The van der Waals surface area contributed by atoms with Crippen LogP contribution in [0.4, 0.5) is 5.69 Å². The number of carbonyl (C=O) groups is 1. The van der Waals surface area contributed by atoms with E-state index in [2.05, 4.69) is 24.4 Å². The molecule has 1 amide bonds. The highest BCUT2D eigenvalue weighted by Gasteiger charge is 2.28. The summed E-state index contributed by atoms with van der Waals surface area (Å²) in [7, 11) is 1.98. The molecule has 0 radical (unpaired) electrons. The Labute approximate surface area is 182 Å². The predicted octanol–water partition coefficient (Wildman–Crippen LogP) is 2.82. The van der Waals surface area contributed by atoms with Crippen molar-refractivity contribution in [3.05, 3.63) is 64.9 Å². The van der Waals surface area contributed by atoms with Gasteiger partial charge in [-0.1, -0.05) is 42.5 Å². The zero-order chi connectivity index (χ0) is 21.1. The van der Waals surface area contributed by atoms with Gasteiger partial charge in [0.2, 0.25) is 10.7 Å². The standard InChI is InChI=1S/C23H27N5OS/c1-17-8-6-7-11-20(17)21-25-28(23(30)26(21)2)16-27-14-12-18(13-15-27)22(29)24-19-9-4-3-5-10-19/h3-11,18H,12-16H2,1-2H3,(H,24,29)/p+1. The topological polar surface area (TPSA) is 56.3 Å². The molecule has 0 bridgehead atoms. The number of quaternary nitrogens is 1. The molecule has 1 fully saturated rings. The Morgan fingerprint density at radius 3 is 2.50 bits per heavy atom. The molecular formula is C23H28N5OS+. The van der Waals surface area contributed by atoms with E-state index in [0.717, 1.165) is 54.4 Å². The van der Waals surface area contributed by atoms with E-state index in [-0.39, 0.29) is 11.8 Å². The third-order valence-electron chi connectivity index (χ3n) is 5.91. The quantitative estimate of drug-likeness (QED) is 0.622. The number of para-hydroxylation sites is 1. The third-order valence-corrected chi connectivity index (χ3v) is 6.39. The molecule has 2 heterocycles. The van der Waals surface area contributed by atoms with E-state index in [9.17, 15) is 4.79 Å². The summed E-state index contributed by atoms with van der Waals surface area (Å²) in [6.45, 7) is 4.69. The van der Waals surface area contributed by atoms with Gasteiger partial charge in [-0.05, 0) is 36.8 Å². The number of aromatic nitrogens is 3. The number of amides is 1. The maximum Gasteiger partial charge on any atom is 0.227 e. The highest BCUT2D eigenvalue weighted by molar-refractivity contribution is 7.71. The summed E-state index contributed by atoms with van der Waals surface area (Å²) in [4.78, 5) is 14.0. The molecule has 0 unspecified atom stereocenters. The first-order chi connectivity index (χ1) is 14.5. The SMILES string of the molecule is Cc1ccccc1-c1nn(C[NH+]2CCC(C(=O)Nc3ccccc3)CC2)c(=S)n1C. The smallest absolute Gasteiger partial charge is 0.227 e. The lowest BCUT2D eigenvalue weighted by Gasteiger charge is -2.28. The summed E-state index contributed by atoms with van der Waals surface area (Å²) in [5.41, 5.74) is 3.15. The Hall–Kier alpha value is -2.77. The largest absolute Gasteiger partial charge is 0.326 e. The monoisotopic (exact) mass is 422 g/mol. The van der Waals surface area contributed by atoms with Crippen molar-refractivity contribution in [2.24, 2.45) is 13.0 Å². The van der Waals surface area contributed by atoms with Crippen LogP contribution in [0, 0.1) is 17.6 Å². The molecule has 3 aromatic rings. The summed E-state index contributed by atoms with van der Waals surface area (Å²) >= 11 is 5.65. The van der Waals surface area contributed by atoms with E-state index < -0.39 is 0 Å².